The Labute approximate surface area is 346 Å². The van der Waals surface area contributed by atoms with Crippen LogP contribution in [0.5, 0.6) is 0 Å². The van der Waals surface area contributed by atoms with Crippen molar-refractivity contribution in [2.45, 2.75) is 0 Å². The summed E-state index contributed by atoms with van der Waals surface area (Å²) in [5.41, 5.74) is 14.6. The lowest BCUT2D eigenvalue weighted by Gasteiger charge is -2.11. The van der Waals surface area contributed by atoms with Crippen molar-refractivity contribution >= 4 is 54.6 Å². The molecule has 0 spiro atoms. The lowest BCUT2D eigenvalue weighted by molar-refractivity contribution is 1.06. The van der Waals surface area contributed by atoms with Crippen molar-refractivity contribution in [2.75, 3.05) is 0 Å². The molecule has 0 unspecified atom stereocenters. The van der Waals surface area contributed by atoms with Gasteiger partial charge in [0, 0.05) is 26.9 Å². The van der Waals surface area contributed by atoms with Gasteiger partial charge in [-0.25, -0.2) is 9.97 Å². The summed E-state index contributed by atoms with van der Waals surface area (Å²) in [6.07, 6.45) is 0. The molecule has 4 heteroatoms. The molecule has 0 atom stereocenters. The molecule has 0 bridgehead atoms. The second-order valence-electron chi connectivity index (χ2n) is 15.4. The van der Waals surface area contributed by atoms with Gasteiger partial charge in [-0.2, -0.15) is 0 Å². The molecule has 8 aromatic carbocycles. The molecule has 0 amide bonds. The van der Waals surface area contributed by atoms with E-state index in [1.807, 2.05) is 0 Å². The highest BCUT2D eigenvalue weighted by atomic mass is 15.1. The molecule has 0 aliphatic heterocycles. The first kappa shape index (κ1) is 34.0. The molecule has 0 saturated carbocycles. The summed E-state index contributed by atoms with van der Waals surface area (Å²) in [4.78, 5) is 10.7. The van der Waals surface area contributed by atoms with Gasteiger partial charge in [0.1, 0.15) is 11.6 Å². The molecule has 12 aromatic rings. The third kappa shape index (κ3) is 5.61. The summed E-state index contributed by atoms with van der Waals surface area (Å²) in [6.45, 7) is 0. The maximum atomic E-state index is 5.36. The Hall–Kier alpha value is -8.08. The minimum atomic E-state index is 0.693. The van der Waals surface area contributed by atoms with E-state index in [1.165, 1.54) is 66.1 Å². The molecular formula is C56H36N4. The summed E-state index contributed by atoms with van der Waals surface area (Å²) in [5.74, 6) is 1.66. The van der Waals surface area contributed by atoms with E-state index < -0.39 is 0 Å². The van der Waals surface area contributed by atoms with Crippen LogP contribution in [-0.2, 0) is 0 Å². The Morgan fingerprint density at radius 1 is 0.250 bits per heavy atom. The number of rotatable bonds is 6. The molecule has 12 rings (SSSR count). The van der Waals surface area contributed by atoms with Gasteiger partial charge >= 0.3 is 0 Å². The van der Waals surface area contributed by atoms with E-state index in [2.05, 4.69) is 228 Å². The zero-order chi connectivity index (χ0) is 39.6. The van der Waals surface area contributed by atoms with E-state index in [1.54, 1.807) is 0 Å². The van der Waals surface area contributed by atoms with E-state index in [9.17, 15) is 0 Å². The van der Waals surface area contributed by atoms with Crippen molar-refractivity contribution in [3.05, 3.63) is 218 Å². The topological polar surface area (TPSA) is 35.6 Å². The maximum absolute atomic E-state index is 5.36. The minimum absolute atomic E-state index is 0.693. The Balaban J connectivity index is 1.05. The van der Waals surface area contributed by atoms with Crippen LogP contribution in [0.2, 0.25) is 0 Å². The second-order valence-corrected chi connectivity index (χ2v) is 15.4. The van der Waals surface area contributed by atoms with Crippen molar-refractivity contribution in [3.8, 4) is 56.1 Å². The van der Waals surface area contributed by atoms with Gasteiger partial charge in [0.15, 0.2) is 5.65 Å². The van der Waals surface area contributed by atoms with Gasteiger partial charge in [0.05, 0.1) is 22.1 Å². The molecule has 4 heterocycles. The molecule has 60 heavy (non-hydrogen) atoms. The normalized spacial score (nSPS) is 11.7. The highest BCUT2D eigenvalue weighted by Gasteiger charge is 2.19. The van der Waals surface area contributed by atoms with Gasteiger partial charge in [-0.05, 0) is 117 Å². The highest BCUT2D eigenvalue weighted by Crippen LogP contribution is 2.39. The van der Waals surface area contributed by atoms with Crippen molar-refractivity contribution in [1.82, 2.24) is 19.1 Å². The second kappa shape index (κ2) is 13.8. The van der Waals surface area contributed by atoms with Gasteiger partial charge in [0.25, 0.3) is 0 Å². The highest BCUT2D eigenvalue weighted by molar-refractivity contribution is 6.13. The van der Waals surface area contributed by atoms with Gasteiger partial charge in [0.2, 0.25) is 0 Å². The third-order valence-electron chi connectivity index (χ3n) is 11.9. The number of pyridine rings is 2. The molecule has 0 saturated heterocycles. The van der Waals surface area contributed by atoms with Gasteiger partial charge in [-0.15, -0.1) is 0 Å². The van der Waals surface area contributed by atoms with Crippen molar-refractivity contribution in [2.24, 2.45) is 0 Å². The van der Waals surface area contributed by atoms with E-state index in [0.717, 1.165) is 39.1 Å². The van der Waals surface area contributed by atoms with Crippen LogP contribution in [0.3, 0.4) is 0 Å². The number of benzene rings is 8. The molecule has 4 aromatic heterocycles. The fraction of sp³-hybridized carbons (Fsp3) is 0. The Morgan fingerprint density at radius 3 is 0.817 bits per heavy atom. The van der Waals surface area contributed by atoms with Crippen LogP contribution >= 0.6 is 0 Å². The molecular weight excluding hydrogens is 729 g/mol. The van der Waals surface area contributed by atoms with Crippen LogP contribution in [0.1, 0.15) is 0 Å². The molecule has 0 N–H and O–H groups in total. The SMILES string of the molecule is c1ccc(-c2ccc3c(c2)c2cc(-c4ccccc4)ccc2n3-c2ccc3ccc(-n4c5ccc(-c6ccccc6)cc5c5cc(-c6ccccc6)ccc54)nc3n2)cc1. The minimum Gasteiger partial charge on any atom is -0.294 e. The monoisotopic (exact) mass is 764 g/mol. The quantitative estimate of drug-likeness (QED) is 0.169. The molecule has 4 nitrogen and oxygen atoms in total. The molecule has 280 valence electrons. The first-order valence-corrected chi connectivity index (χ1v) is 20.4. The molecule has 0 fully saturated rings. The fourth-order valence-corrected chi connectivity index (χ4v) is 9.01. The molecule has 0 aliphatic carbocycles. The Morgan fingerprint density at radius 2 is 0.533 bits per heavy atom. The molecule has 0 radical (unpaired) electrons. The zero-order valence-electron chi connectivity index (χ0n) is 32.6. The zero-order valence-corrected chi connectivity index (χ0v) is 32.6. The number of hydrogen-bond acceptors (Lipinski definition) is 2. The predicted molar refractivity (Wildman–Crippen MR) is 250 cm³/mol. The van der Waals surface area contributed by atoms with E-state index in [0.29, 0.717) is 5.65 Å². The van der Waals surface area contributed by atoms with Gasteiger partial charge < -0.3 is 0 Å². The van der Waals surface area contributed by atoms with Crippen LogP contribution in [0.25, 0.3) is 111 Å². The number of nitrogens with zero attached hydrogens (tertiary/aromatic N) is 4. The summed E-state index contributed by atoms with van der Waals surface area (Å²) in [7, 11) is 0. The number of hydrogen-bond donors (Lipinski definition) is 0. The molecule has 0 aliphatic rings. The summed E-state index contributed by atoms with van der Waals surface area (Å²) >= 11 is 0. The Bertz CT molecular complexity index is 3140. The predicted octanol–water partition coefficient (Wildman–Crippen LogP) is 14.5. The van der Waals surface area contributed by atoms with Crippen molar-refractivity contribution in [1.29, 1.82) is 0 Å². The average molecular weight is 765 g/mol. The van der Waals surface area contributed by atoms with Crippen LogP contribution in [0.15, 0.2) is 218 Å². The Kier molecular flexibility index (Phi) is 7.82. The van der Waals surface area contributed by atoms with Gasteiger partial charge in [-0.3, -0.25) is 9.13 Å². The first-order chi connectivity index (χ1) is 29.7. The summed E-state index contributed by atoms with van der Waals surface area (Å²) in [6, 6.07) is 78.1. The number of fused-ring (bicyclic) bond motifs is 7. The van der Waals surface area contributed by atoms with E-state index in [4.69, 9.17) is 9.97 Å². The largest absolute Gasteiger partial charge is 0.294 e. The average Bonchev–Trinajstić information content (AvgIpc) is 3.83. The fourth-order valence-electron chi connectivity index (χ4n) is 9.01. The summed E-state index contributed by atoms with van der Waals surface area (Å²) < 4.78 is 4.58. The van der Waals surface area contributed by atoms with E-state index >= 15 is 0 Å². The van der Waals surface area contributed by atoms with Gasteiger partial charge in [-0.1, -0.05) is 146 Å². The van der Waals surface area contributed by atoms with Crippen LogP contribution in [0.4, 0.5) is 0 Å². The first-order valence-electron chi connectivity index (χ1n) is 20.4. The lowest BCUT2D eigenvalue weighted by Crippen LogP contribution is -2.01. The maximum Gasteiger partial charge on any atom is 0.163 e. The van der Waals surface area contributed by atoms with Crippen molar-refractivity contribution < 1.29 is 0 Å². The van der Waals surface area contributed by atoms with Crippen molar-refractivity contribution in [3.63, 3.8) is 0 Å². The number of aromatic nitrogens is 4. The third-order valence-corrected chi connectivity index (χ3v) is 11.9. The standard InChI is InChI=1S/C56H36N4/c1-5-13-37(14-6-1)42-21-27-50-46(33-42)47-34-43(38-15-7-2-8-16-38)22-28-51(47)59(50)54-31-25-41-26-32-55(58-56(41)57-54)60-52-29-23-44(39-17-9-3-10-18-39)35-48(52)49-36-45(24-30-53(49)60)40-19-11-4-12-20-40/h1-36H. The van der Waals surface area contributed by atoms with Crippen LogP contribution < -0.4 is 0 Å². The van der Waals surface area contributed by atoms with Crippen LogP contribution in [0, 0.1) is 0 Å². The smallest absolute Gasteiger partial charge is 0.163 e. The van der Waals surface area contributed by atoms with E-state index in [-0.39, 0.29) is 0 Å². The van der Waals surface area contributed by atoms with Crippen LogP contribution in [-0.4, -0.2) is 19.1 Å². The lowest BCUT2D eigenvalue weighted by atomic mass is 10.0. The summed E-state index contributed by atoms with van der Waals surface area (Å²) in [5, 5.41) is 5.72.